The minimum atomic E-state index is -0.133. The lowest BCUT2D eigenvalue weighted by Gasteiger charge is -2.14. The van der Waals surface area contributed by atoms with Crippen molar-refractivity contribution in [1.29, 1.82) is 0 Å². The van der Waals surface area contributed by atoms with E-state index in [0.29, 0.717) is 23.4 Å². The quantitative estimate of drug-likeness (QED) is 0.483. The molecule has 166 valence electrons. The van der Waals surface area contributed by atoms with Gasteiger partial charge in [-0.2, -0.15) is 10.2 Å². The van der Waals surface area contributed by atoms with E-state index in [0.717, 1.165) is 34.6 Å². The molecule has 0 aliphatic heterocycles. The molecule has 0 saturated heterocycles. The fourth-order valence-electron chi connectivity index (χ4n) is 3.84. The molecule has 3 aromatic heterocycles. The van der Waals surface area contributed by atoms with Crippen LogP contribution in [0.4, 0.5) is 0 Å². The van der Waals surface area contributed by atoms with Crippen LogP contribution in [0.5, 0.6) is 5.75 Å². The molecule has 1 amide bonds. The highest BCUT2D eigenvalue weighted by Gasteiger charge is 2.20. The molecule has 4 rings (SSSR count). The molecular weight excluding hydrogens is 404 g/mol. The summed E-state index contributed by atoms with van der Waals surface area (Å²) in [5, 5.41) is 12.8. The van der Waals surface area contributed by atoms with Gasteiger partial charge in [-0.15, -0.1) is 0 Å². The van der Waals surface area contributed by atoms with E-state index < -0.39 is 0 Å². The number of hydrogen-bond acceptors (Lipinski definition) is 5. The summed E-state index contributed by atoms with van der Waals surface area (Å²) in [6, 6.07) is 11.5. The molecule has 0 aliphatic carbocycles. The molecule has 1 N–H and O–H groups in total. The number of benzene rings is 1. The zero-order valence-corrected chi connectivity index (χ0v) is 19.1. The van der Waals surface area contributed by atoms with E-state index in [9.17, 15) is 4.79 Å². The number of ether oxygens (including phenoxy) is 1. The summed E-state index contributed by atoms with van der Waals surface area (Å²) in [5.74, 6) is 0.865. The number of carbonyl (C=O) groups is 1. The number of nitrogens with one attached hydrogen (secondary N) is 1. The van der Waals surface area contributed by atoms with Gasteiger partial charge >= 0.3 is 0 Å². The first-order chi connectivity index (χ1) is 15.4. The molecule has 3 heterocycles. The first-order valence-corrected chi connectivity index (χ1v) is 10.6. The minimum Gasteiger partial charge on any atom is -0.497 e. The monoisotopic (exact) mass is 432 g/mol. The molecule has 1 atom stereocenters. The van der Waals surface area contributed by atoms with Crippen molar-refractivity contribution in [3.63, 3.8) is 0 Å². The summed E-state index contributed by atoms with van der Waals surface area (Å²) in [7, 11) is 3.48. The summed E-state index contributed by atoms with van der Waals surface area (Å²) in [4.78, 5) is 18.0. The number of carbonyl (C=O) groups excluding carboxylic acids is 1. The van der Waals surface area contributed by atoms with Crippen LogP contribution in [0.1, 0.15) is 28.7 Å². The Labute approximate surface area is 187 Å². The fraction of sp³-hybridized carbons (Fsp3) is 0.333. The summed E-state index contributed by atoms with van der Waals surface area (Å²) < 4.78 is 8.88. The van der Waals surface area contributed by atoms with Crippen molar-refractivity contribution >= 4 is 16.9 Å². The second-order valence-corrected chi connectivity index (χ2v) is 8.19. The second kappa shape index (κ2) is 8.82. The van der Waals surface area contributed by atoms with Crippen LogP contribution in [0.25, 0.3) is 22.3 Å². The second-order valence-electron chi connectivity index (χ2n) is 8.19. The van der Waals surface area contributed by atoms with E-state index >= 15 is 0 Å². The normalized spacial score (nSPS) is 12.2. The molecule has 8 nitrogen and oxygen atoms in total. The van der Waals surface area contributed by atoms with Crippen LogP contribution < -0.4 is 10.1 Å². The van der Waals surface area contributed by atoms with Crippen LogP contribution in [-0.2, 0) is 13.6 Å². The Bertz CT molecular complexity index is 1260. The van der Waals surface area contributed by atoms with Crippen molar-refractivity contribution in [3.05, 3.63) is 59.5 Å². The number of aryl methyl sites for hydroxylation is 3. The van der Waals surface area contributed by atoms with Crippen molar-refractivity contribution in [2.24, 2.45) is 13.0 Å². The third-order valence-electron chi connectivity index (χ3n) is 5.48. The topological polar surface area (TPSA) is 86.9 Å². The SMILES string of the molecule is COc1ccc(-c2cc(C(=O)NC[C@@H](C)Cn3ccc(C)n3)c3c(C)nn(C)c3n2)cc1. The summed E-state index contributed by atoms with van der Waals surface area (Å²) in [6.45, 7) is 7.24. The van der Waals surface area contributed by atoms with Gasteiger partial charge in [0.1, 0.15) is 5.75 Å². The van der Waals surface area contributed by atoms with Crippen molar-refractivity contribution < 1.29 is 9.53 Å². The van der Waals surface area contributed by atoms with Crippen LogP contribution in [0.2, 0.25) is 0 Å². The molecule has 0 unspecified atom stereocenters. The molecule has 0 spiro atoms. The van der Waals surface area contributed by atoms with Crippen LogP contribution in [0.3, 0.4) is 0 Å². The number of aromatic nitrogens is 5. The van der Waals surface area contributed by atoms with Crippen molar-refractivity contribution in [3.8, 4) is 17.0 Å². The largest absolute Gasteiger partial charge is 0.497 e. The lowest BCUT2D eigenvalue weighted by Crippen LogP contribution is -2.30. The number of fused-ring (bicyclic) bond motifs is 1. The van der Waals surface area contributed by atoms with Gasteiger partial charge in [0.25, 0.3) is 5.91 Å². The van der Waals surface area contributed by atoms with Gasteiger partial charge in [0, 0.05) is 31.9 Å². The average molecular weight is 433 g/mol. The highest BCUT2D eigenvalue weighted by molar-refractivity contribution is 6.07. The van der Waals surface area contributed by atoms with Crippen LogP contribution in [-0.4, -0.2) is 44.1 Å². The highest BCUT2D eigenvalue weighted by atomic mass is 16.5. The number of amides is 1. The van der Waals surface area contributed by atoms with E-state index in [-0.39, 0.29) is 11.8 Å². The van der Waals surface area contributed by atoms with Gasteiger partial charge in [0.2, 0.25) is 0 Å². The predicted molar refractivity (Wildman–Crippen MR) is 124 cm³/mol. The number of nitrogens with zero attached hydrogens (tertiary/aromatic N) is 5. The lowest BCUT2D eigenvalue weighted by molar-refractivity contribution is 0.0948. The summed E-state index contributed by atoms with van der Waals surface area (Å²) >= 11 is 0. The van der Waals surface area contributed by atoms with Crippen molar-refractivity contribution in [2.45, 2.75) is 27.3 Å². The number of hydrogen-bond donors (Lipinski definition) is 1. The first kappa shape index (κ1) is 21.5. The van der Waals surface area contributed by atoms with E-state index in [1.54, 1.807) is 11.8 Å². The van der Waals surface area contributed by atoms with Crippen molar-refractivity contribution in [1.82, 2.24) is 29.9 Å². The Morgan fingerprint density at radius 3 is 2.56 bits per heavy atom. The standard InChI is InChI=1S/C24H28N6O2/c1-15(14-30-11-10-16(2)27-30)13-25-24(31)20-12-21(18-6-8-19(32-5)9-7-18)26-23-22(20)17(3)28-29(23)4/h6-12,15H,13-14H2,1-5H3,(H,25,31)/t15-/m1/s1. The van der Waals surface area contributed by atoms with Gasteiger partial charge in [-0.1, -0.05) is 6.92 Å². The zero-order chi connectivity index (χ0) is 22.8. The predicted octanol–water partition coefficient (Wildman–Crippen LogP) is 3.52. The molecule has 4 aromatic rings. The Kier molecular flexibility index (Phi) is 5.94. The summed E-state index contributed by atoms with van der Waals surface area (Å²) in [5.41, 5.74) is 4.64. The molecule has 32 heavy (non-hydrogen) atoms. The number of rotatable bonds is 7. The van der Waals surface area contributed by atoms with Crippen LogP contribution in [0, 0.1) is 19.8 Å². The Hall–Kier alpha value is -3.68. The molecule has 8 heteroatoms. The van der Waals surface area contributed by atoms with Gasteiger partial charge in [-0.25, -0.2) is 4.98 Å². The minimum absolute atomic E-state index is 0.133. The van der Waals surface area contributed by atoms with E-state index in [2.05, 4.69) is 22.4 Å². The van der Waals surface area contributed by atoms with Gasteiger partial charge in [-0.05, 0) is 56.2 Å². The molecule has 0 bridgehead atoms. The maximum absolute atomic E-state index is 13.2. The summed E-state index contributed by atoms with van der Waals surface area (Å²) in [6.07, 6.45) is 1.96. The van der Waals surface area contributed by atoms with Gasteiger partial charge in [-0.3, -0.25) is 14.2 Å². The number of pyridine rings is 1. The molecule has 0 radical (unpaired) electrons. The van der Waals surface area contributed by atoms with E-state index in [1.807, 2.05) is 68.2 Å². The maximum atomic E-state index is 13.2. The van der Waals surface area contributed by atoms with Crippen molar-refractivity contribution in [2.75, 3.05) is 13.7 Å². The molecular formula is C24H28N6O2. The Morgan fingerprint density at radius 1 is 1.16 bits per heavy atom. The highest BCUT2D eigenvalue weighted by Crippen LogP contribution is 2.28. The third-order valence-corrected chi connectivity index (χ3v) is 5.48. The lowest BCUT2D eigenvalue weighted by atomic mass is 10.0. The molecule has 0 fully saturated rings. The van der Waals surface area contributed by atoms with Crippen LogP contribution >= 0.6 is 0 Å². The zero-order valence-electron chi connectivity index (χ0n) is 19.1. The van der Waals surface area contributed by atoms with Crippen LogP contribution in [0.15, 0.2) is 42.6 Å². The molecule has 1 aromatic carbocycles. The smallest absolute Gasteiger partial charge is 0.252 e. The first-order valence-electron chi connectivity index (χ1n) is 10.6. The van der Waals surface area contributed by atoms with Gasteiger partial charge < -0.3 is 10.1 Å². The Morgan fingerprint density at radius 2 is 1.91 bits per heavy atom. The Balaban J connectivity index is 1.61. The third kappa shape index (κ3) is 4.34. The maximum Gasteiger partial charge on any atom is 0.252 e. The number of methoxy groups -OCH3 is 1. The average Bonchev–Trinajstić information content (AvgIpc) is 3.33. The molecule has 0 aliphatic rings. The van der Waals surface area contributed by atoms with Gasteiger partial charge in [0.15, 0.2) is 5.65 Å². The van der Waals surface area contributed by atoms with Gasteiger partial charge in [0.05, 0.1) is 35.1 Å². The van der Waals surface area contributed by atoms with E-state index in [1.165, 1.54) is 0 Å². The van der Waals surface area contributed by atoms with E-state index in [4.69, 9.17) is 9.72 Å². The molecule has 0 saturated carbocycles. The fourth-order valence-corrected chi connectivity index (χ4v) is 3.84.